The van der Waals surface area contributed by atoms with E-state index >= 15 is 0 Å². The lowest BCUT2D eigenvalue weighted by atomic mass is 9.77. The fraction of sp³-hybridized carbons (Fsp3) is 0.500. The van der Waals surface area contributed by atoms with Crippen LogP contribution in [0.2, 0.25) is 10.0 Å². The lowest BCUT2D eigenvalue weighted by molar-refractivity contribution is 0.0406. The van der Waals surface area contributed by atoms with Crippen molar-refractivity contribution in [1.29, 1.82) is 0 Å². The standard InChI is InChI=1S/C24H28Cl2O/c1-23(17-3-4-17,19-7-11-21(25)12-8-19)15-27-16-24(2,18-5-6-18)20-9-13-22(26)14-10-20/h7-14,17-18H,3-6,15-16H2,1-2H3. The van der Waals surface area contributed by atoms with Crippen molar-refractivity contribution in [3.05, 3.63) is 69.7 Å². The summed E-state index contributed by atoms with van der Waals surface area (Å²) in [5.74, 6) is 1.42. The molecule has 144 valence electrons. The molecule has 0 aliphatic heterocycles. The van der Waals surface area contributed by atoms with Crippen LogP contribution >= 0.6 is 23.2 Å². The Labute approximate surface area is 173 Å². The van der Waals surface area contributed by atoms with Crippen LogP contribution in [0.3, 0.4) is 0 Å². The molecule has 0 aromatic heterocycles. The number of ether oxygens (including phenoxy) is 1. The van der Waals surface area contributed by atoms with Gasteiger partial charge >= 0.3 is 0 Å². The lowest BCUT2D eigenvalue weighted by Crippen LogP contribution is -2.36. The summed E-state index contributed by atoms with van der Waals surface area (Å²) < 4.78 is 6.47. The van der Waals surface area contributed by atoms with E-state index in [0.29, 0.717) is 11.8 Å². The summed E-state index contributed by atoms with van der Waals surface area (Å²) in [5, 5.41) is 1.59. The van der Waals surface area contributed by atoms with Gasteiger partial charge < -0.3 is 4.74 Å². The molecule has 2 aliphatic carbocycles. The number of hydrogen-bond acceptors (Lipinski definition) is 1. The van der Waals surface area contributed by atoms with Crippen molar-refractivity contribution in [1.82, 2.24) is 0 Å². The third-order valence-electron chi connectivity index (χ3n) is 6.77. The summed E-state index contributed by atoms with van der Waals surface area (Å²) >= 11 is 12.2. The van der Waals surface area contributed by atoms with E-state index in [9.17, 15) is 0 Å². The van der Waals surface area contributed by atoms with Gasteiger partial charge in [-0.15, -0.1) is 0 Å². The van der Waals surface area contributed by atoms with Crippen molar-refractivity contribution in [2.45, 2.75) is 50.4 Å². The highest BCUT2D eigenvalue weighted by Gasteiger charge is 2.46. The van der Waals surface area contributed by atoms with Crippen LogP contribution in [0.5, 0.6) is 0 Å². The van der Waals surface area contributed by atoms with Crippen molar-refractivity contribution >= 4 is 23.2 Å². The molecule has 27 heavy (non-hydrogen) atoms. The van der Waals surface area contributed by atoms with Gasteiger partial charge in [0.15, 0.2) is 0 Å². The molecule has 0 heterocycles. The van der Waals surface area contributed by atoms with Crippen LogP contribution < -0.4 is 0 Å². The maximum Gasteiger partial charge on any atom is 0.0563 e. The minimum absolute atomic E-state index is 0.0645. The van der Waals surface area contributed by atoms with E-state index in [0.717, 1.165) is 23.3 Å². The van der Waals surface area contributed by atoms with Gasteiger partial charge in [-0.2, -0.15) is 0 Å². The second-order valence-electron chi connectivity index (χ2n) is 8.89. The van der Waals surface area contributed by atoms with Gasteiger partial charge in [0.05, 0.1) is 13.2 Å². The summed E-state index contributed by atoms with van der Waals surface area (Å²) in [7, 11) is 0. The molecule has 1 nitrogen and oxygen atoms in total. The summed E-state index contributed by atoms with van der Waals surface area (Å²) in [6, 6.07) is 16.7. The van der Waals surface area contributed by atoms with E-state index in [4.69, 9.17) is 27.9 Å². The third kappa shape index (κ3) is 4.06. The Morgan fingerprint density at radius 3 is 1.33 bits per heavy atom. The SMILES string of the molecule is CC(COCC(C)(c1ccc(Cl)cc1)C1CC1)(c1ccc(Cl)cc1)C1CC1. The van der Waals surface area contributed by atoms with Crippen molar-refractivity contribution < 1.29 is 4.74 Å². The molecule has 0 bridgehead atoms. The predicted molar refractivity (Wildman–Crippen MR) is 114 cm³/mol. The lowest BCUT2D eigenvalue weighted by Gasteiger charge is -2.35. The number of halogens is 2. The van der Waals surface area contributed by atoms with Gasteiger partial charge in [-0.25, -0.2) is 0 Å². The Balaban J connectivity index is 1.49. The van der Waals surface area contributed by atoms with E-state index in [2.05, 4.69) is 38.1 Å². The van der Waals surface area contributed by atoms with Crippen LogP contribution in [-0.2, 0) is 15.6 Å². The molecule has 3 heteroatoms. The van der Waals surface area contributed by atoms with E-state index < -0.39 is 0 Å². The smallest absolute Gasteiger partial charge is 0.0563 e. The number of benzene rings is 2. The first-order valence-electron chi connectivity index (χ1n) is 10.0. The Kier molecular flexibility index (Phi) is 5.31. The Hall–Kier alpha value is -1.02. The third-order valence-corrected chi connectivity index (χ3v) is 7.27. The van der Waals surface area contributed by atoms with Crippen molar-refractivity contribution in [2.24, 2.45) is 11.8 Å². The van der Waals surface area contributed by atoms with Crippen molar-refractivity contribution in [2.75, 3.05) is 13.2 Å². The molecule has 0 N–H and O–H groups in total. The molecule has 2 aromatic carbocycles. The molecular weight excluding hydrogens is 375 g/mol. The van der Waals surface area contributed by atoms with Crippen LogP contribution in [0.15, 0.2) is 48.5 Å². The Morgan fingerprint density at radius 1 is 0.704 bits per heavy atom. The molecular formula is C24H28Cl2O. The minimum Gasteiger partial charge on any atom is -0.380 e. The molecule has 2 aliphatic rings. The highest BCUT2D eigenvalue weighted by Crippen LogP contribution is 2.50. The molecule has 2 saturated carbocycles. The second kappa shape index (κ2) is 7.43. The fourth-order valence-corrected chi connectivity index (χ4v) is 4.70. The van der Waals surface area contributed by atoms with Crippen LogP contribution in [0, 0.1) is 11.8 Å². The van der Waals surface area contributed by atoms with Gasteiger partial charge in [0.1, 0.15) is 0 Å². The first kappa shape index (κ1) is 19.3. The normalized spacial score (nSPS) is 21.5. The second-order valence-corrected chi connectivity index (χ2v) is 9.76. The van der Waals surface area contributed by atoms with Gasteiger partial charge in [0.2, 0.25) is 0 Å². The average molecular weight is 403 g/mol. The van der Waals surface area contributed by atoms with Crippen molar-refractivity contribution in [3.63, 3.8) is 0 Å². The topological polar surface area (TPSA) is 9.23 Å². The first-order valence-corrected chi connectivity index (χ1v) is 10.8. The summed E-state index contributed by atoms with van der Waals surface area (Å²) in [4.78, 5) is 0. The van der Waals surface area contributed by atoms with Crippen LogP contribution in [0.25, 0.3) is 0 Å². The van der Waals surface area contributed by atoms with E-state index in [1.165, 1.54) is 36.8 Å². The first-order chi connectivity index (χ1) is 12.9. The number of hydrogen-bond donors (Lipinski definition) is 0. The maximum atomic E-state index is 6.47. The highest BCUT2D eigenvalue weighted by atomic mass is 35.5. The van der Waals surface area contributed by atoms with Crippen LogP contribution in [0.4, 0.5) is 0 Å². The number of rotatable bonds is 8. The molecule has 4 rings (SSSR count). The molecule has 2 unspecified atom stereocenters. The zero-order chi connectivity index (χ0) is 19.1. The highest BCUT2D eigenvalue weighted by molar-refractivity contribution is 6.30. The average Bonchev–Trinajstić information content (AvgIpc) is 3.55. The maximum absolute atomic E-state index is 6.47. The molecule has 0 radical (unpaired) electrons. The van der Waals surface area contributed by atoms with Crippen molar-refractivity contribution in [3.8, 4) is 0 Å². The minimum atomic E-state index is 0.0645. The largest absolute Gasteiger partial charge is 0.380 e. The quantitative estimate of drug-likeness (QED) is 0.459. The Bertz CT molecular complexity index is 710. The molecule has 0 amide bonds. The van der Waals surface area contributed by atoms with Crippen LogP contribution in [0.1, 0.15) is 50.7 Å². The summed E-state index contributed by atoms with van der Waals surface area (Å²) in [5.41, 5.74) is 2.81. The Morgan fingerprint density at radius 2 is 1.04 bits per heavy atom. The van der Waals surface area contributed by atoms with Crippen LogP contribution in [-0.4, -0.2) is 13.2 Å². The van der Waals surface area contributed by atoms with E-state index in [1.807, 2.05) is 24.3 Å². The molecule has 0 saturated heterocycles. The summed E-state index contributed by atoms with van der Waals surface area (Å²) in [6.07, 6.45) is 5.16. The molecule has 2 atom stereocenters. The van der Waals surface area contributed by atoms with E-state index in [-0.39, 0.29) is 10.8 Å². The van der Waals surface area contributed by atoms with Gasteiger partial charge in [-0.05, 0) is 72.9 Å². The zero-order valence-corrected chi connectivity index (χ0v) is 17.7. The predicted octanol–water partition coefficient (Wildman–Crippen LogP) is 7.05. The summed E-state index contributed by atoms with van der Waals surface area (Å²) in [6.45, 7) is 6.22. The van der Waals surface area contributed by atoms with Gasteiger partial charge in [0, 0.05) is 20.9 Å². The van der Waals surface area contributed by atoms with Gasteiger partial charge in [-0.3, -0.25) is 0 Å². The van der Waals surface area contributed by atoms with Gasteiger partial charge in [0.25, 0.3) is 0 Å². The molecule has 2 aromatic rings. The van der Waals surface area contributed by atoms with Gasteiger partial charge in [-0.1, -0.05) is 61.3 Å². The molecule has 2 fully saturated rings. The molecule has 0 spiro atoms. The zero-order valence-electron chi connectivity index (χ0n) is 16.2. The fourth-order valence-electron chi connectivity index (χ4n) is 4.45. The van der Waals surface area contributed by atoms with E-state index in [1.54, 1.807) is 0 Å². The monoisotopic (exact) mass is 402 g/mol.